The molecule has 1 atom stereocenters. The first kappa shape index (κ1) is 27.6. The van der Waals surface area contributed by atoms with E-state index in [1.807, 2.05) is 26.0 Å². The van der Waals surface area contributed by atoms with Gasteiger partial charge in [-0.25, -0.2) is 9.98 Å². The van der Waals surface area contributed by atoms with E-state index < -0.39 is 0 Å². The van der Waals surface area contributed by atoms with Crippen LogP contribution in [0.1, 0.15) is 49.9 Å². The summed E-state index contributed by atoms with van der Waals surface area (Å²) in [6, 6.07) is 6.23. The minimum absolute atomic E-state index is 0.274. The quantitative estimate of drug-likeness (QED) is 0.378. The number of hydrogen-bond acceptors (Lipinski definition) is 8. The predicted molar refractivity (Wildman–Crippen MR) is 150 cm³/mol. The molecule has 2 aromatic heterocycles. The summed E-state index contributed by atoms with van der Waals surface area (Å²) in [5, 5.41) is 2.91. The van der Waals surface area contributed by atoms with E-state index in [4.69, 9.17) is 20.2 Å². The van der Waals surface area contributed by atoms with Crippen LogP contribution in [0.15, 0.2) is 53.4 Å². The van der Waals surface area contributed by atoms with Gasteiger partial charge in [-0.15, -0.1) is 0 Å². The maximum atomic E-state index is 13.0. The van der Waals surface area contributed by atoms with E-state index in [9.17, 15) is 4.79 Å². The number of aryl methyl sites for hydroxylation is 1. The van der Waals surface area contributed by atoms with Gasteiger partial charge in [0.2, 0.25) is 0 Å². The monoisotopic (exact) mass is 518 g/mol. The van der Waals surface area contributed by atoms with Crippen LogP contribution in [0.2, 0.25) is 0 Å². The van der Waals surface area contributed by atoms with Crippen LogP contribution in [0, 0.1) is 6.92 Å². The van der Waals surface area contributed by atoms with Crippen molar-refractivity contribution in [2.24, 2.45) is 10.7 Å². The molecule has 0 bridgehead atoms. The molecule has 9 nitrogen and oxygen atoms in total. The summed E-state index contributed by atoms with van der Waals surface area (Å²) >= 11 is 0. The number of nitrogens with two attached hydrogens (primary N) is 1. The van der Waals surface area contributed by atoms with Gasteiger partial charge in [-0.3, -0.25) is 14.7 Å². The average Bonchev–Trinajstić information content (AvgIpc) is 2.94. The molecule has 1 saturated heterocycles. The highest BCUT2D eigenvalue weighted by Crippen LogP contribution is 2.31. The zero-order valence-corrected chi connectivity index (χ0v) is 22.6. The summed E-state index contributed by atoms with van der Waals surface area (Å²) in [5.74, 6) is 0.147. The van der Waals surface area contributed by atoms with Crippen molar-refractivity contribution < 1.29 is 14.3 Å². The minimum atomic E-state index is -0.346. The molecule has 3 heterocycles. The number of nitrogens with zero attached hydrogens (tertiary/aromatic N) is 4. The predicted octanol–water partition coefficient (Wildman–Crippen LogP) is 4.16. The van der Waals surface area contributed by atoms with Gasteiger partial charge in [-0.1, -0.05) is 12.1 Å². The summed E-state index contributed by atoms with van der Waals surface area (Å²) in [6.45, 7) is 10.5. The Hall–Kier alpha value is -3.40. The number of amides is 1. The largest absolute Gasteiger partial charge is 0.404 e. The lowest BCUT2D eigenvalue weighted by Gasteiger charge is -2.36. The Kier molecular flexibility index (Phi) is 9.75. The van der Waals surface area contributed by atoms with Crippen LogP contribution in [-0.4, -0.2) is 65.4 Å². The van der Waals surface area contributed by atoms with E-state index in [2.05, 4.69) is 26.3 Å². The van der Waals surface area contributed by atoms with Crippen molar-refractivity contribution in [1.82, 2.24) is 14.9 Å². The third kappa shape index (κ3) is 7.12. The van der Waals surface area contributed by atoms with Gasteiger partial charge in [0.25, 0.3) is 5.91 Å². The van der Waals surface area contributed by atoms with E-state index in [0.717, 1.165) is 62.4 Å². The lowest BCUT2D eigenvalue weighted by atomic mass is 9.90. The van der Waals surface area contributed by atoms with Gasteiger partial charge in [0.1, 0.15) is 0 Å². The van der Waals surface area contributed by atoms with Crippen LogP contribution in [0.5, 0.6) is 0 Å². The van der Waals surface area contributed by atoms with Crippen molar-refractivity contribution in [2.45, 2.75) is 52.7 Å². The molecule has 38 heavy (non-hydrogen) atoms. The van der Waals surface area contributed by atoms with Crippen molar-refractivity contribution in [2.75, 3.05) is 38.2 Å². The number of ether oxygens (including phenoxy) is 2. The maximum absolute atomic E-state index is 13.0. The first-order valence-corrected chi connectivity index (χ1v) is 13.3. The number of allylic oxidation sites excluding steroid dienone is 1. The first-order chi connectivity index (χ1) is 18.5. The van der Waals surface area contributed by atoms with Gasteiger partial charge in [0.15, 0.2) is 5.82 Å². The van der Waals surface area contributed by atoms with Gasteiger partial charge in [0, 0.05) is 38.1 Å². The number of hydrogen-bond donors (Lipinski definition) is 2. The Balaban J connectivity index is 1.38. The van der Waals surface area contributed by atoms with E-state index in [1.165, 1.54) is 11.8 Å². The third-order valence-corrected chi connectivity index (χ3v) is 6.95. The molecule has 9 heteroatoms. The normalized spacial score (nSPS) is 19.2. The Morgan fingerprint density at radius 3 is 2.74 bits per heavy atom. The smallest absolute Gasteiger partial charge is 0.259 e. The number of aromatic nitrogens is 2. The highest BCUT2D eigenvalue weighted by atomic mass is 16.5. The number of aliphatic imine (C=N–C) groups is 1. The lowest BCUT2D eigenvalue weighted by Crippen LogP contribution is -2.43. The summed E-state index contributed by atoms with van der Waals surface area (Å²) in [6.07, 6.45) is 10.2. The van der Waals surface area contributed by atoms with Crippen LogP contribution in [-0.2, 0) is 20.9 Å². The molecule has 1 unspecified atom stereocenters. The number of carbonyl (C=O) groups excluding carboxylic acids is 1. The lowest BCUT2D eigenvalue weighted by molar-refractivity contribution is -0.112. The molecule has 1 aliphatic carbocycles. The summed E-state index contributed by atoms with van der Waals surface area (Å²) in [5.41, 5.74) is 11.4. The van der Waals surface area contributed by atoms with Crippen molar-refractivity contribution in [3.8, 4) is 0 Å². The Bertz CT molecular complexity index is 1200. The van der Waals surface area contributed by atoms with E-state index in [-0.39, 0.29) is 11.5 Å². The molecule has 4 rings (SSSR count). The van der Waals surface area contributed by atoms with Crippen molar-refractivity contribution in [3.05, 3.63) is 65.3 Å². The van der Waals surface area contributed by atoms with Crippen LogP contribution in [0.4, 0.5) is 11.5 Å². The summed E-state index contributed by atoms with van der Waals surface area (Å²) in [7, 11) is 0. The second kappa shape index (κ2) is 13.4. The summed E-state index contributed by atoms with van der Waals surface area (Å²) < 4.78 is 10.9. The van der Waals surface area contributed by atoms with Gasteiger partial charge >= 0.3 is 0 Å². The van der Waals surface area contributed by atoms with Gasteiger partial charge in [-0.05, 0) is 68.9 Å². The standard InChI is InChI=1S/C29H38N6O3/c1-4-37-19-22-5-10-27(31-17-22)33-21(3)26(16-30)29(36)34-24-15-20(2)28(32-18-24)23-6-8-25(9-7-23)35-11-13-38-14-12-35/h5-6,10,15-18,25H,4,7-9,11-14,19,30H2,1-3H3,(H,34,36). The molecule has 202 valence electrons. The molecule has 1 amide bonds. The zero-order valence-electron chi connectivity index (χ0n) is 22.6. The van der Waals surface area contributed by atoms with Crippen LogP contribution < -0.4 is 11.1 Å². The highest BCUT2D eigenvalue weighted by molar-refractivity contribution is 6.24. The SMILES string of the molecule is CCOCc1ccc(N=C(C)C(=CN)C(=O)Nc2cnc(C3=CCC(N4CCOCC4)CC3)c(C)c2)nc1. The fourth-order valence-electron chi connectivity index (χ4n) is 4.87. The van der Waals surface area contributed by atoms with Crippen molar-refractivity contribution >= 4 is 28.7 Å². The molecule has 0 radical (unpaired) electrons. The summed E-state index contributed by atoms with van der Waals surface area (Å²) in [4.78, 5) is 29.0. The molecule has 0 spiro atoms. The molecule has 1 fully saturated rings. The second-order valence-corrected chi connectivity index (χ2v) is 9.59. The van der Waals surface area contributed by atoms with Crippen LogP contribution in [0.3, 0.4) is 0 Å². The Morgan fingerprint density at radius 2 is 2.11 bits per heavy atom. The number of anilines is 1. The van der Waals surface area contributed by atoms with Crippen LogP contribution >= 0.6 is 0 Å². The number of carbonyl (C=O) groups is 1. The topological polar surface area (TPSA) is 115 Å². The van der Waals surface area contributed by atoms with E-state index in [0.29, 0.717) is 36.5 Å². The van der Waals surface area contributed by atoms with Gasteiger partial charge in [-0.2, -0.15) is 0 Å². The van der Waals surface area contributed by atoms with E-state index in [1.54, 1.807) is 25.4 Å². The fourth-order valence-corrected chi connectivity index (χ4v) is 4.87. The number of nitrogens with one attached hydrogen (secondary N) is 1. The Labute approximate surface area is 224 Å². The number of morpholine rings is 1. The molecule has 2 aliphatic rings. The molecular formula is C29H38N6O3. The maximum Gasteiger partial charge on any atom is 0.259 e. The fraction of sp³-hybridized carbons (Fsp3) is 0.448. The molecule has 0 aromatic carbocycles. The number of rotatable bonds is 9. The van der Waals surface area contributed by atoms with Gasteiger partial charge in [0.05, 0.1) is 48.7 Å². The van der Waals surface area contributed by atoms with Crippen molar-refractivity contribution in [3.63, 3.8) is 0 Å². The minimum Gasteiger partial charge on any atom is -0.404 e. The molecule has 2 aromatic rings. The molecule has 1 aliphatic heterocycles. The van der Waals surface area contributed by atoms with E-state index >= 15 is 0 Å². The average molecular weight is 519 g/mol. The van der Waals surface area contributed by atoms with Gasteiger partial charge < -0.3 is 20.5 Å². The Morgan fingerprint density at radius 1 is 1.29 bits per heavy atom. The molecule has 3 N–H and O–H groups in total. The highest BCUT2D eigenvalue weighted by Gasteiger charge is 2.24. The number of pyridine rings is 2. The second-order valence-electron chi connectivity index (χ2n) is 9.59. The third-order valence-electron chi connectivity index (χ3n) is 6.95. The first-order valence-electron chi connectivity index (χ1n) is 13.3. The zero-order chi connectivity index (χ0) is 26.9. The van der Waals surface area contributed by atoms with Crippen LogP contribution in [0.25, 0.3) is 5.57 Å². The van der Waals surface area contributed by atoms with Crippen molar-refractivity contribution in [1.29, 1.82) is 0 Å². The molecular weight excluding hydrogens is 480 g/mol. The molecule has 0 saturated carbocycles.